The normalized spacial score (nSPS) is 23.2. The SMILES string of the molecule is CCCCCCCCCCOCC1COC(C)(CCC(=O)[O-])O1.[Na+]. The summed E-state index contributed by atoms with van der Waals surface area (Å²) in [7, 11) is 0. The molecule has 0 aromatic rings. The van der Waals surface area contributed by atoms with E-state index in [9.17, 15) is 9.90 Å². The van der Waals surface area contributed by atoms with Crippen LogP contribution in [0.2, 0.25) is 0 Å². The van der Waals surface area contributed by atoms with E-state index in [1.807, 2.05) is 0 Å². The van der Waals surface area contributed by atoms with Gasteiger partial charge < -0.3 is 24.1 Å². The van der Waals surface area contributed by atoms with Crippen LogP contribution in [0.25, 0.3) is 0 Å². The van der Waals surface area contributed by atoms with Crippen LogP contribution in [0.3, 0.4) is 0 Å². The van der Waals surface area contributed by atoms with E-state index in [0.29, 0.717) is 19.6 Å². The van der Waals surface area contributed by atoms with Gasteiger partial charge in [-0.1, -0.05) is 51.9 Å². The minimum atomic E-state index is -1.08. The van der Waals surface area contributed by atoms with Crippen molar-refractivity contribution in [3.63, 3.8) is 0 Å². The van der Waals surface area contributed by atoms with E-state index in [2.05, 4.69) is 6.92 Å². The molecule has 136 valence electrons. The first-order chi connectivity index (χ1) is 11.1. The number of carboxylic acid groups (broad SMARTS) is 1. The fraction of sp³-hybridized carbons (Fsp3) is 0.944. The van der Waals surface area contributed by atoms with Crippen LogP contribution in [-0.2, 0) is 19.0 Å². The second kappa shape index (κ2) is 14.5. The monoisotopic (exact) mass is 352 g/mol. The van der Waals surface area contributed by atoms with Crippen molar-refractivity contribution in [2.24, 2.45) is 0 Å². The first-order valence-electron chi connectivity index (χ1n) is 9.15. The predicted octanol–water partition coefficient (Wildman–Crippen LogP) is -0.191. The Morgan fingerprint density at radius 2 is 1.79 bits per heavy atom. The largest absolute Gasteiger partial charge is 1.00 e. The van der Waals surface area contributed by atoms with Crippen LogP contribution >= 0.6 is 0 Å². The Bertz CT molecular complexity index is 327. The van der Waals surface area contributed by atoms with E-state index < -0.39 is 11.8 Å². The summed E-state index contributed by atoms with van der Waals surface area (Å²) in [5.41, 5.74) is 0. The summed E-state index contributed by atoms with van der Waals surface area (Å²) in [6.07, 6.45) is 10.5. The maximum absolute atomic E-state index is 10.5. The number of hydrogen-bond donors (Lipinski definition) is 0. The number of unbranched alkanes of at least 4 members (excludes halogenated alkanes) is 7. The van der Waals surface area contributed by atoms with Crippen LogP contribution in [0.15, 0.2) is 0 Å². The van der Waals surface area contributed by atoms with Gasteiger partial charge in [-0.25, -0.2) is 0 Å². The van der Waals surface area contributed by atoms with Gasteiger partial charge in [0.2, 0.25) is 0 Å². The Balaban J connectivity index is 0.00000529. The Hall–Kier alpha value is 0.350. The molecule has 1 heterocycles. The topological polar surface area (TPSA) is 67.8 Å². The molecule has 24 heavy (non-hydrogen) atoms. The van der Waals surface area contributed by atoms with Crippen molar-refractivity contribution in [2.45, 2.75) is 89.9 Å². The smallest absolute Gasteiger partial charge is 0.550 e. The van der Waals surface area contributed by atoms with Crippen LogP contribution in [0, 0.1) is 0 Å². The second-order valence-electron chi connectivity index (χ2n) is 6.61. The standard InChI is InChI=1S/C18H34O5.Na/c1-3-4-5-6-7-8-9-10-13-21-14-16-15-22-18(2,23-16)12-11-17(19)20;/h16H,3-15H2,1-2H3,(H,19,20);/q;+1/p-1. The molecule has 0 amide bonds. The first-order valence-corrected chi connectivity index (χ1v) is 9.15. The summed E-state index contributed by atoms with van der Waals surface area (Å²) in [6, 6.07) is 0. The van der Waals surface area contributed by atoms with Gasteiger partial charge in [-0.05, 0) is 19.8 Å². The van der Waals surface area contributed by atoms with Gasteiger partial charge in [0.05, 0.1) is 13.2 Å². The van der Waals surface area contributed by atoms with Crippen molar-refractivity contribution >= 4 is 5.97 Å². The molecule has 0 N–H and O–H groups in total. The number of ether oxygens (including phenoxy) is 3. The first kappa shape index (κ1) is 24.4. The predicted molar refractivity (Wildman–Crippen MR) is 86.9 cm³/mol. The van der Waals surface area contributed by atoms with Gasteiger partial charge in [0.1, 0.15) is 6.10 Å². The number of carboxylic acids is 1. The van der Waals surface area contributed by atoms with Crippen molar-refractivity contribution in [1.29, 1.82) is 0 Å². The summed E-state index contributed by atoms with van der Waals surface area (Å²) < 4.78 is 16.9. The van der Waals surface area contributed by atoms with E-state index >= 15 is 0 Å². The number of carbonyl (C=O) groups excluding carboxylic acids is 1. The third-order valence-electron chi connectivity index (χ3n) is 4.22. The van der Waals surface area contributed by atoms with Crippen molar-refractivity contribution in [3.05, 3.63) is 0 Å². The van der Waals surface area contributed by atoms with E-state index in [4.69, 9.17) is 14.2 Å². The fourth-order valence-electron chi connectivity index (χ4n) is 2.78. The second-order valence-corrected chi connectivity index (χ2v) is 6.61. The van der Waals surface area contributed by atoms with E-state index in [-0.39, 0.29) is 42.1 Å². The third-order valence-corrected chi connectivity index (χ3v) is 4.22. The molecule has 5 nitrogen and oxygen atoms in total. The molecule has 0 saturated carbocycles. The molecule has 0 radical (unpaired) electrons. The Morgan fingerprint density at radius 1 is 1.17 bits per heavy atom. The van der Waals surface area contributed by atoms with Gasteiger partial charge in [-0.3, -0.25) is 0 Å². The maximum atomic E-state index is 10.5. The fourth-order valence-corrected chi connectivity index (χ4v) is 2.78. The van der Waals surface area contributed by atoms with Crippen molar-refractivity contribution in [1.82, 2.24) is 0 Å². The minimum absolute atomic E-state index is 0. The van der Waals surface area contributed by atoms with Crippen LogP contribution < -0.4 is 34.7 Å². The molecule has 1 fully saturated rings. The summed E-state index contributed by atoms with van der Waals surface area (Å²) in [6.45, 7) is 5.74. The maximum Gasteiger partial charge on any atom is 1.00 e. The molecule has 0 bridgehead atoms. The van der Waals surface area contributed by atoms with Crippen LogP contribution in [0.5, 0.6) is 0 Å². The molecule has 1 aliphatic rings. The molecule has 0 aromatic carbocycles. The van der Waals surface area contributed by atoms with Gasteiger partial charge in [0, 0.05) is 19.0 Å². The number of hydrogen-bond acceptors (Lipinski definition) is 5. The zero-order valence-electron chi connectivity index (χ0n) is 15.8. The molecule has 2 atom stereocenters. The van der Waals surface area contributed by atoms with Gasteiger partial charge in [0.25, 0.3) is 0 Å². The quantitative estimate of drug-likeness (QED) is 0.320. The molecule has 0 aromatic heterocycles. The molecule has 0 spiro atoms. The van der Waals surface area contributed by atoms with Crippen molar-refractivity contribution in [3.8, 4) is 0 Å². The molecule has 0 aliphatic carbocycles. The number of aliphatic carboxylic acids is 1. The summed E-state index contributed by atoms with van der Waals surface area (Å²) in [5, 5.41) is 10.5. The zero-order chi connectivity index (χ0) is 17.0. The Morgan fingerprint density at radius 3 is 2.42 bits per heavy atom. The molecule has 1 rings (SSSR count). The number of carbonyl (C=O) groups is 1. The zero-order valence-corrected chi connectivity index (χ0v) is 17.8. The third kappa shape index (κ3) is 11.8. The van der Waals surface area contributed by atoms with Crippen LogP contribution in [0.4, 0.5) is 0 Å². The van der Waals surface area contributed by atoms with Crippen molar-refractivity contribution in [2.75, 3.05) is 19.8 Å². The van der Waals surface area contributed by atoms with Gasteiger partial charge in [0.15, 0.2) is 5.79 Å². The van der Waals surface area contributed by atoms with Gasteiger partial charge in [-0.2, -0.15) is 0 Å². The van der Waals surface area contributed by atoms with Crippen LogP contribution in [-0.4, -0.2) is 37.7 Å². The summed E-state index contributed by atoms with van der Waals surface area (Å²) in [5.74, 6) is -1.89. The van der Waals surface area contributed by atoms with Crippen molar-refractivity contribution < 1.29 is 53.7 Å². The molecule has 1 saturated heterocycles. The molecular formula is C18H33NaO5. The molecule has 6 heteroatoms. The molecule has 2 unspecified atom stereocenters. The van der Waals surface area contributed by atoms with Gasteiger partial charge in [-0.15, -0.1) is 0 Å². The van der Waals surface area contributed by atoms with E-state index in [1.54, 1.807) is 6.92 Å². The molecule has 1 aliphatic heterocycles. The molecular weight excluding hydrogens is 319 g/mol. The van der Waals surface area contributed by atoms with Crippen LogP contribution in [0.1, 0.15) is 78.1 Å². The minimum Gasteiger partial charge on any atom is -0.550 e. The Labute approximate surface area is 169 Å². The Kier molecular flexibility index (Phi) is 14.7. The summed E-state index contributed by atoms with van der Waals surface area (Å²) >= 11 is 0. The summed E-state index contributed by atoms with van der Waals surface area (Å²) in [4.78, 5) is 10.5. The number of rotatable bonds is 14. The van der Waals surface area contributed by atoms with E-state index in [1.165, 1.54) is 44.9 Å². The van der Waals surface area contributed by atoms with Gasteiger partial charge >= 0.3 is 29.6 Å². The average molecular weight is 352 g/mol. The van der Waals surface area contributed by atoms with E-state index in [0.717, 1.165) is 13.0 Å². The average Bonchev–Trinajstić information content (AvgIpc) is 2.89.